The van der Waals surface area contributed by atoms with Gasteiger partial charge in [-0.15, -0.1) is 11.3 Å². The molecule has 0 unspecified atom stereocenters. The van der Waals surface area contributed by atoms with Gasteiger partial charge in [0.25, 0.3) is 0 Å². The van der Waals surface area contributed by atoms with Crippen LogP contribution in [0.2, 0.25) is 0 Å². The molecular formula is C13H12NO5S2-. The van der Waals surface area contributed by atoms with Crippen LogP contribution in [-0.4, -0.2) is 21.5 Å². The molecule has 0 aliphatic rings. The molecule has 21 heavy (non-hydrogen) atoms. The molecule has 0 radical (unpaired) electrons. The summed E-state index contributed by atoms with van der Waals surface area (Å²) in [7, 11) is -2.51. The molecule has 1 aromatic heterocycles. The van der Waals surface area contributed by atoms with Gasteiger partial charge in [0, 0.05) is 4.88 Å². The van der Waals surface area contributed by atoms with Gasteiger partial charge in [-0.1, -0.05) is 6.07 Å². The number of hydrogen-bond donors (Lipinski definition) is 1. The highest BCUT2D eigenvalue weighted by atomic mass is 32.2. The Labute approximate surface area is 126 Å². The summed E-state index contributed by atoms with van der Waals surface area (Å²) >= 11 is 1.13. The number of rotatable bonds is 6. The van der Waals surface area contributed by atoms with Crippen LogP contribution in [0.5, 0.6) is 5.75 Å². The quantitative estimate of drug-likeness (QED) is 0.835. The van der Waals surface area contributed by atoms with Crippen molar-refractivity contribution in [2.24, 2.45) is 0 Å². The largest absolute Gasteiger partial charge is 0.548 e. The molecule has 1 N–H and O–H groups in total. The van der Waals surface area contributed by atoms with E-state index in [9.17, 15) is 18.3 Å². The van der Waals surface area contributed by atoms with Crippen molar-refractivity contribution in [2.75, 3.05) is 7.11 Å². The molecule has 2 rings (SSSR count). The molecular weight excluding hydrogens is 314 g/mol. The van der Waals surface area contributed by atoms with Gasteiger partial charge in [0.1, 0.15) is 5.75 Å². The van der Waals surface area contributed by atoms with Crippen LogP contribution >= 0.6 is 11.3 Å². The molecule has 0 amide bonds. The predicted molar refractivity (Wildman–Crippen MR) is 75.4 cm³/mol. The highest BCUT2D eigenvalue weighted by molar-refractivity contribution is 7.89. The average molecular weight is 326 g/mol. The number of aliphatic carboxylic acids is 1. The fraction of sp³-hybridized carbons (Fsp3) is 0.154. The van der Waals surface area contributed by atoms with Crippen molar-refractivity contribution in [3.63, 3.8) is 0 Å². The smallest absolute Gasteiger partial charge is 0.241 e. The topological polar surface area (TPSA) is 95.5 Å². The number of methoxy groups -OCH3 is 1. The fourth-order valence-corrected chi connectivity index (χ4v) is 3.66. The van der Waals surface area contributed by atoms with Crippen molar-refractivity contribution in [3.05, 3.63) is 46.7 Å². The Morgan fingerprint density at radius 2 is 1.95 bits per heavy atom. The number of ether oxygens (including phenoxy) is 1. The monoisotopic (exact) mass is 326 g/mol. The second-order valence-electron chi connectivity index (χ2n) is 4.06. The fourth-order valence-electron chi connectivity index (χ4n) is 1.66. The SMILES string of the molecule is COc1ccc(S(=O)(=O)N[C@H](C(=O)[O-])c2cccs2)cc1. The maximum Gasteiger partial charge on any atom is 0.241 e. The van der Waals surface area contributed by atoms with E-state index in [0.29, 0.717) is 10.6 Å². The van der Waals surface area contributed by atoms with Crippen LogP contribution < -0.4 is 14.6 Å². The maximum atomic E-state index is 12.2. The van der Waals surface area contributed by atoms with Crippen molar-refractivity contribution in [2.45, 2.75) is 10.9 Å². The van der Waals surface area contributed by atoms with Gasteiger partial charge in [0.15, 0.2) is 0 Å². The highest BCUT2D eigenvalue weighted by Crippen LogP contribution is 2.22. The molecule has 0 aliphatic carbocycles. The Hall–Kier alpha value is -1.90. The number of nitrogens with one attached hydrogen (secondary N) is 1. The maximum absolute atomic E-state index is 12.2. The van der Waals surface area contributed by atoms with E-state index >= 15 is 0 Å². The lowest BCUT2D eigenvalue weighted by molar-refractivity contribution is -0.308. The van der Waals surface area contributed by atoms with E-state index in [-0.39, 0.29) is 4.90 Å². The zero-order chi connectivity index (χ0) is 15.5. The summed E-state index contributed by atoms with van der Waals surface area (Å²) in [5.74, 6) is -1.00. The third-order valence-corrected chi connectivity index (χ3v) is 5.08. The molecule has 1 aromatic carbocycles. The van der Waals surface area contributed by atoms with Crippen molar-refractivity contribution >= 4 is 27.3 Å². The molecule has 0 aliphatic heterocycles. The van der Waals surface area contributed by atoms with Crippen LogP contribution in [0.1, 0.15) is 10.9 Å². The number of carbonyl (C=O) groups is 1. The van der Waals surface area contributed by atoms with Crippen molar-refractivity contribution in [3.8, 4) is 5.75 Å². The average Bonchev–Trinajstić information content (AvgIpc) is 2.98. The van der Waals surface area contributed by atoms with Crippen LogP contribution in [0.25, 0.3) is 0 Å². The molecule has 8 heteroatoms. The molecule has 112 valence electrons. The summed E-state index contributed by atoms with van der Waals surface area (Å²) in [5.41, 5.74) is 0. The summed E-state index contributed by atoms with van der Waals surface area (Å²) in [6.07, 6.45) is 0. The minimum Gasteiger partial charge on any atom is -0.548 e. The molecule has 1 atom stereocenters. The van der Waals surface area contributed by atoms with Crippen molar-refractivity contribution in [1.29, 1.82) is 0 Å². The van der Waals surface area contributed by atoms with Gasteiger partial charge in [0.05, 0.1) is 24.0 Å². The normalized spacial score (nSPS) is 12.8. The zero-order valence-electron chi connectivity index (χ0n) is 11.0. The molecule has 0 saturated heterocycles. The minimum absolute atomic E-state index is 0.0499. The van der Waals surface area contributed by atoms with E-state index < -0.39 is 22.0 Å². The summed E-state index contributed by atoms with van der Waals surface area (Å²) in [5, 5.41) is 12.8. The van der Waals surface area contributed by atoms with Crippen LogP contribution in [0.3, 0.4) is 0 Å². The lowest BCUT2D eigenvalue weighted by Gasteiger charge is -2.18. The lowest BCUT2D eigenvalue weighted by Crippen LogP contribution is -2.40. The van der Waals surface area contributed by atoms with Gasteiger partial charge in [0.2, 0.25) is 10.0 Å². The zero-order valence-corrected chi connectivity index (χ0v) is 12.6. The second kappa shape index (κ2) is 6.25. The van der Waals surface area contributed by atoms with E-state index in [2.05, 4.69) is 4.72 Å². The van der Waals surface area contributed by atoms with Gasteiger partial charge in [-0.25, -0.2) is 8.42 Å². The first-order chi connectivity index (χ1) is 9.94. The van der Waals surface area contributed by atoms with Gasteiger partial charge in [-0.2, -0.15) is 4.72 Å². The van der Waals surface area contributed by atoms with Gasteiger partial charge in [-0.3, -0.25) is 0 Å². The molecule has 0 fully saturated rings. The second-order valence-corrected chi connectivity index (χ2v) is 6.76. The standard InChI is InChI=1S/C13H13NO5S2/c1-19-9-4-6-10(7-5-9)21(17,18)14-12(13(15)16)11-3-2-8-20-11/h2-8,12,14H,1H3,(H,15,16)/p-1/t12-/m0/s1. The van der Waals surface area contributed by atoms with Crippen LogP contribution in [-0.2, 0) is 14.8 Å². The Morgan fingerprint density at radius 1 is 1.29 bits per heavy atom. The summed E-state index contributed by atoms with van der Waals surface area (Å²) in [6.45, 7) is 0. The highest BCUT2D eigenvalue weighted by Gasteiger charge is 2.23. The first kappa shape index (κ1) is 15.5. The van der Waals surface area contributed by atoms with Crippen LogP contribution in [0, 0.1) is 0 Å². The molecule has 2 aromatic rings. The molecule has 0 spiro atoms. The number of carboxylic acids is 1. The Bertz CT molecular complexity index is 708. The van der Waals surface area contributed by atoms with Gasteiger partial charge in [-0.05, 0) is 35.7 Å². The number of sulfonamides is 1. The molecule has 0 saturated carbocycles. The summed E-state index contributed by atoms with van der Waals surface area (Å²) in [4.78, 5) is 11.5. The number of carbonyl (C=O) groups excluding carboxylic acids is 1. The van der Waals surface area contributed by atoms with E-state index in [1.54, 1.807) is 11.4 Å². The summed E-state index contributed by atoms with van der Waals surface area (Å²) < 4.78 is 31.5. The number of thiophene rings is 1. The predicted octanol–water partition coefficient (Wildman–Crippen LogP) is 0.526. The Kier molecular flexibility index (Phi) is 4.61. The van der Waals surface area contributed by atoms with Crippen molar-refractivity contribution < 1.29 is 23.1 Å². The van der Waals surface area contributed by atoms with Crippen LogP contribution in [0.15, 0.2) is 46.7 Å². The van der Waals surface area contributed by atoms with E-state index in [1.165, 1.54) is 37.4 Å². The van der Waals surface area contributed by atoms with Crippen LogP contribution in [0.4, 0.5) is 0 Å². The van der Waals surface area contributed by atoms with Crippen molar-refractivity contribution in [1.82, 2.24) is 4.72 Å². The number of carboxylic acid groups (broad SMARTS) is 1. The summed E-state index contributed by atoms with van der Waals surface area (Å²) in [6, 6.07) is 7.38. The first-order valence-corrected chi connectivity index (χ1v) is 8.21. The molecule has 1 heterocycles. The molecule has 6 nitrogen and oxygen atoms in total. The lowest BCUT2D eigenvalue weighted by atomic mass is 10.3. The number of hydrogen-bond acceptors (Lipinski definition) is 6. The minimum atomic E-state index is -3.98. The van der Waals surface area contributed by atoms with Gasteiger partial charge >= 0.3 is 0 Å². The van der Waals surface area contributed by atoms with Gasteiger partial charge < -0.3 is 14.6 Å². The number of benzene rings is 1. The Balaban J connectivity index is 2.28. The van der Waals surface area contributed by atoms with E-state index in [0.717, 1.165) is 11.3 Å². The Morgan fingerprint density at radius 3 is 2.43 bits per heavy atom. The third kappa shape index (κ3) is 3.60. The first-order valence-electron chi connectivity index (χ1n) is 5.84. The van der Waals surface area contributed by atoms with E-state index in [4.69, 9.17) is 4.74 Å². The third-order valence-electron chi connectivity index (χ3n) is 2.71. The molecule has 0 bridgehead atoms. The van der Waals surface area contributed by atoms with E-state index in [1.807, 2.05) is 0 Å².